The number of nitrogens with zero attached hydrogens (tertiary/aromatic N) is 1. The number of carbonyl (C=O) groups is 3. The van der Waals surface area contributed by atoms with Gasteiger partial charge in [-0.25, -0.2) is 4.79 Å². The fraction of sp³-hybridized carbons (Fsp3) is 0.400. The number of carboxylic acid groups (broad SMARTS) is 1. The zero-order chi connectivity index (χ0) is 17.4. The monoisotopic (exact) mass is 386 g/mol. The van der Waals surface area contributed by atoms with Gasteiger partial charge >= 0.3 is 5.97 Å². The summed E-state index contributed by atoms with van der Waals surface area (Å²) in [6, 6.07) is 2.96. The number of fused-ring (bicyclic) bond motifs is 1. The summed E-state index contributed by atoms with van der Waals surface area (Å²) in [7, 11) is 0. The highest BCUT2D eigenvalue weighted by molar-refractivity contribution is 8.00. The molecule has 0 aromatic carbocycles. The molecule has 3 heterocycles. The van der Waals surface area contributed by atoms with Crippen LogP contribution in [0.2, 0.25) is 0 Å². The van der Waals surface area contributed by atoms with Gasteiger partial charge in [0.05, 0.1) is 12.5 Å². The highest BCUT2D eigenvalue weighted by Crippen LogP contribution is 2.41. The molecule has 3 rings (SSSR count). The van der Waals surface area contributed by atoms with Crippen LogP contribution in [0.5, 0.6) is 0 Å². The number of nitrogens with one attached hydrogen (secondary N) is 1. The Labute approximate surface area is 151 Å². The molecule has 0 saturated carbocycles. The highest BCUT2D eigenvalue weighted by Gasteiger charge is 2.54. The van der Waals surface area contributed by atoms with Crippen molar-refractivity contribution in [1.29, 1.82) is 0 Å². The molecule has 5 N–H and O–H groups in total. The summed E-state index contributed by atoms with van der Waals surface area (Å²) in [6.07, 6.45) is -0.746. The van der Waals surface area contributed by atoms with Gasteiger partial charge in [-0.15, -0.1) is 23.1 Å². The number of hydrogen-bond acceptors (Lipinski definition) is 6. The first kappa shape index (κ1) is 19.4. The van der Waals surface area contributed by atoms with E-state index >= 15 is 0 Å². The second-order valence-corrected chi connectivity index (χ2v) is 7.70. The molecule has 10 heteroatoms. The number of carboxylic acids is 1. The van der Waals surface area contributed by atoms with Crippen molar-refractivity contribution < 1.29 is 30.1 Å². The Morgan fingerprint density at radius 1 is 1.48 bits per heavy atom. The minimum Gasteiger partial charge on any atom is -0.477 e. The minimum atomic E-state index is -1.24. The molecule has 1 aromatic heterocycles. The normalized spacial score (nSPS) is 23.3. The van der Waals surface area contributed by atoms with Crippen LogP contribution in [-0.2, 0) is 20.8 Å². The lowest BCUT2D eigenvalue weighted by molar-refractivity contribution is -0.150. The number of β-lactam (4-membered cyclic amide) rings is 1. The SMILES string of the molecule is CC(O)C1=C(C(=O)O)N2C(=O)C(NC(=O)Cc3cccs3)[C@@H]2SC1.O. The molecule has 2 aliphatic rings. The summed E-state index contributed by atoms with van der Waals surface area (Å²) in [5.74, 6) is -1.65. The van der Waals surface area contributed by atoms with Gasteiger partial charge in [0.25, 0.3) is 5.91 Å². The van der Waals surface area contributed by atoms with Crippen LogP contribution in [-0.4, -0.2) is 61.6 Å². The third-order valence-corrected chi connectivity index (χ3v) is 6.11. The van der Waals surface area contributed by atoms with Crippen LogP contribution in [0.3, 0.4) is 0 Å². The maximum absolute atomic E-state index is 12.3. The van der Waals surface area contributed by atoms with Crippen molar-refractivity contribution in [3.05, 3.63) is 33.7 Å². The van der Waals surface area contributed by atoms with Gasteiger partial charge in [-0.05, 0) is 23.9 Å². The minimum absolute atomic E-state index is 0. The van der Waals surface area contributed by atoms with Gasteiger partial charge in [0.15, 0.2) is 0 Å². The number of thiophene rings is 1. The summed E-state index contributed by atoms with van der Waals surface area (Å²) >= 11 is 2.81. The number of aliphatic hydroxyl groups is 1. The second kappa shape index (κ2) is 7.56. The van der Waals surface area contributed by atoms with Crippen LogP contribution >= 0.6 is 23.1 Å². The Hall–Kier alpha value is -1.88. The van der Waals surface area contributed by atoms with Crippen LogP contribution < -0.4 is 5.32 Å². The number of carbonyl (C=O) groups excluding carboxylic acids is 2. The molecule has 2 amide bonds. The molecule has 0 radical (unpaired) electrons. The number of rotatable bonds is 5. The first-order valence-corrected chi connectivity index (χ1v) is 9.23. The van der Waals surface area contributed by atoms with E-state index in [4.69, 9.17) is 0 Å². The summed E-state index contributed by atoms with van der Waals surface area (Å²) < 4.78 is 0. The predicted octanol–water partition coefficient (Wildman–Crippen LogP) is -0.415. The Morgan fingerprint density at radius 3 is 2.76 bits per heavy atom. The summed E-state index contributed by atoms with van der Waals surface area (Å²) in [6.45, 7) is 1.48. The van der Waals surface area contributed by atoms with E-state index in [0.29, 0.717) is 11.3 Å². The number of aliphatic hydroxyl groups excluding tert-OH is 1. The Morgan fingerprint density at radius 2 is 2.20 bits per heavy atom. The van der Waals surface area contributed by atoms with Crippen LogP contribution in [0.4, 0.5) is 0 Å². The van der Waals surface area contributed by atoms with E-state index in [-0.39, 0.29) is 23.5 Å². The molecule has 0 bridgehead atoms. The van der Waals surface area contributed by atoms with E-state index in [1.807, 2.05) is 17.5 Å². The second-order valence-electron chi connectivity index (χ2n) is 5.57. The zero-order valence-corrected chi connectivity index (χ0v) is 14.9. The van der Waals surface area contributed by atoms with Crippen molar-refractivity contribution in [2.24, 2.45) is 0 Å². The zero-order valence-electron chi connectivity index (χ0n) is 13.3. The maximum atomic E-state index is 12.3. The van der Waals surface area contributed by atoms with Gasteiger partial charge in [0, 0.05) is 10.6 Å². The van der Waals surface area contributed by atoms with Crippen molar-refractivity contribution in [2.45, 2.75) is 30.9 Å². The van der Waals surface area contributed by atoms with Gasteiger partial charge in [-0.2, -0.15) is 0 Å². The molecule has 8 nitrogen and oxygen atoms in total. The molecule has 2 unspecified atom stereocenters. The molecule has 25 heavy (non-hydrogen) atoms. The van der Waals surface area contributed by atoms with E-state index in [2.05, 4.69) is 5.32 Å². The lowest BCUT2D eigenvalue weighted by Crippen LogP contribution is -2.70. The van der Waals surface area contributed by atoms with Gasteiger partial charge in [0.1, 0.15) is 17.1 Å². The summed E-state index contributed by atoms with van der Waals surface area (Å²) in [4.78, 5) is 38.0. The van der Waals surface area contributed by atoms with Gasteiger partial charge in [-0.3, -0.25) is 14.5 Å². The summed E-state index contributed by atoms with van der Waals surface area (Å²) in [5.41, 5.74) is 0.156. The standard InChI is InChI=1S/C15H16N2O5S2.H2O/c1-7(18)9-6-24-14-11(13(20)17(14)12(9)15(21)22)16-10(19)5-8-3-2-4-23-8;/h2-4,7,11,14,18H,5-6H2,1H3,(H,16,19)(H,21,22);1H2/t7?,11?,14-;/m0./s1. The van der Waals surface area contributed by atoms with E-state index in [1.54, 1.807) is 0 Å². The Balaban J connectivity index is 0.00000225. The van der Waals surface area contributed by atoms with Crippen molar-refractivity contribution in [3.63, 3.8) is 0 Å². The fourth-order valence-electron chi connectivity index (χ4n) is 2.76. The molecule has 0 spiro atoms. The quantitative estimate of drug-likeness (QED) is 0.588. The molecular weight excluding hydrogens is 368 g/mol. The molecule has 136 valence electrons. The molecular formula is C15H18N2O6S2. The molecule has 1 aromatic rings. The van der Waals surface area contributed by atoms with E-state index in [9.17, 15) is 24.6 Å². The smallest absolute Gasteiger partial charge is 0.352 e. The average molecular weight is 386 g/mol. The topological polar surface area (TPSA) is 138 Å². The van der Waals surface area contributed by atoms with Crippen LogP contribution in [0.25, 0.3) is 0 Å². The van der Waals surface area contributed by atoms with E-state index < -0.39 is 29.4 Å². The van der Waals surface area contributed by atoms with Crippen LogP contribution in [0, 0.1) is 0 Å². The average Bonchev–Trinajstić information content (AvgIpc) is 3.03. The first-order valence-electron chi connectivity index (χ1n) is 7.31. The summed E-state index contributed by atoms with van der Waals surface area (Å²) in [5, 5.41) is 23.2. The fourth-order valence-corrected chi connectivity index (χ4v) is 4.93. The molecule has 0 aliphatic carbocycles. The predicted molar refractivity (Wildman–Crippen MR) is 93.0 cm³/mol. The largest absolute Gasteiger partial charge is 0.477 e. The lowest BCUT2D eigenvalue weighted by atomic mass is 10.0. The Kier molecular flexibility index (Phi) is 5.88. The van der Waals surface area contributed by atoms with Gasteiger partial charge < -0.3 is 21.0 Å². The molecule has 1 fully saturated rings. The third kappa shape index (κ3) is 3.56. The molecule has 1 saturated heterocycles. The van der Waals surface area contributed by atoms with Gasteiger partial charge in [-0.1, -0.05) is 6.07 Å². The Bertz CT molecular complexity index is 716. The molecule has 2 aliphatic heterocycles. The molecule has 3 atom stereocenters. The highest BCUT2D eigenvalue weighted by atomic mass is 32.2. The van der Waals surface area contributed by atoms with E-state index in [1.165, 1.54) is 30.0 Å². The van der Waals surface area contributed by atoms with Crippen LogP contribution in [0.15, 0.2) is 28.8 Å². The van der Waals surface area contributed by atoms with Crippen molar-refractivity contribution in [2.75, 3.05) is 5.75 Å². The number of aliphatic carboxylic acids is 1. The van der Waals surface area contributed by atoms with Gasteiger partial charge in [0.2, 0.25) is 5.91 Å². The first-order chi connectivity index (χ1) is 11.4. The maximum Gasteiger partial charge on any atom is 0.352 e. The van der Waals surface area contributed by atoms with Crippen molar-refractivity contribution in [1.82, 2.24) is 10.2 Å². The number of thioether (sulfide) groups is 1. The number of hydrogen-bond donors (Lipinski definition) is 3. The third-order valence-electron chi connectivity index (χ3n) is 3.94. The van der Waals surface area contributed by atoms with Crippen LogP contribution in [0.1, 0.15) is 11.8 Å². The van der Waals surface area contributed by atoms with E-state index in [0.717, 1.165) is 9.78 Å². The lowest BCUT2D eigenvalue weighted by Gasteiger charge is -2.49. The number of amides is 2. The van der Waals surface area contributed by atoms with Crippen molar-refractivity contribution >= 4 is 40.9 Å². The van der Waals surface area contributed by atoms with Crippen molar-refractivity contribution in [3.8, 4) is 0 Å².